The van der Waals surface area contributed by atoms with Crippen molar-refractivity contribution in [2.75, 3.05) is 60.4 Å². The minimum Gasteiger partial charge on any atom is -0.355 e. The van der Waals surface area contributed by atoms with Crippen LogP contribution >= 0.6 is 24.0 Å². The van der Waals surface area contributed by atoms with Crippen LogP contribution in [0, 0.1) is 0 Å². The Morgan fingerprint density at radius 1 is 1.31 bits per heavy atom. The molecule has 1 N–H and O–H groups in total. The summed E-state index contributed by atoms with van der Waals surface area (Å²) < 4.78 is 0. The third-order valence-electron chi connectivity index (χ3n) is 5.33. The standard InChI is InChI=1S/C18H36N6O.HI/c1-14(2)24-16(25)12-23(13-18(24,3)4)17(19-5)20-10-15-11-21(6)8-9-22(15)7;/h14-15H,8-13H2,1-7H3,(H,19,20);1H. The molecule has 0 aliphatic carbocycles. The monoisotopic (exact) mass is 480 g/mol. The first-order valence-corrected chi connectivity index (χ1v) is 9.32. The van der Waals surface area contributed by atoms with E-state index in [1.54, 1.807) is 7.05 Å². The lowest BCUT2D eigenvalue weighted by molar-refractivity contribution is -0.145. The molecule has 1 amide bonds. The van der Waals surface area contributed by atoms with Crippen molar-refractivity contribution in [1.82, 2.24) is 24.9 Å². The van der Waals surface area contributed by atoms with Gasteiger partial charge >= 0.3 is 0 Å². The summed E-state index contributed by atoms with van der Waals surface area (Å²) in [6, 6.07) is 0.669. The van der Waals surface area contributed by atoms with Gasteiger partial charge in [-0.3, -0.25) is 14.7 Å². The van der Waals surface area contributed by atoms with Gasteiger partial charge in [-0.25, -0.2) is 0 Å². The topological polar surface area (TPSA) is 54.4 Å². The molecule has 2 aliphatic rings. The van der Waals surface area contributed by atoms with Crippen LogP contribution in [0.2, 0.25) is 0 Å². The summed E-state index contributed by atoms with van der Waals surface area (Å²) in [4.78, 5) is 26.0. The summed E-state index contributed by atoms with van der Waals surface area (Å²) in [5, 5.41) is 3.50. The minimum atomic E-state index is -0.205. The molecule has 7 nitrogen and oxygen atoms in total. The molecule has 1 atom stereocenters. The molecule has 2 rings (SSSR count). The van der Waals surface area contributed by atoms with Crippen molar-refractivity contribution in [2.24, 2.45) is 4.99 Å². The normalized spacial score (nSPS) is 25.5. The van der Waals surface area contributed by atoms with Gasteiger partial charge in [0.15, 0.2) is 5.96 Å². The number of amides is 1. The fraction of sp³-hybridized carbons (Fsp3) is 0.889. The molecule has 0 bridgehead atoms. The summed E-state index contributed by atoms with van der Waals surface area (Å²) in [5.74, 6) is 0.996. The lowest BCUT2D eigenvalue weighted by atomic mass is 9.96. The van der Waals surface area contributed by atoms with Gasteiger partial charge in [0.25, 0.3) is 0 Å². The molecule has 8 heteroatoms. The van der Waals surface area contributed by atoms with Gasteiger partial charge in [0.1, 0.15) is 0 Å². The van der Waals surface area contributed by atoms with E-state index in [1.165, 1.54) is 0 Å². The van der Waals surface area contributed by atoms with Gasteiger partial charge < -0.3 is 20.0 Å². The molecule has 26 heavy (non-hydrogen) atoms. The largest absolute Gasteiger partial charge is 0.355 e. The summed E-state index contributed by atoms with van der Waals surface area (Å²) in [6.07, 6.45) is 0. The number of hydrogen-bond acceptors (Lipinski definition) is 4. The van der Waals surface area contributed by atoms with Gasteiger partial charge in [0, 0.05) is 51.9 Å². The number of nitrogens with zero attached hydrogens (tertiary/aromatic N) is 5. The van der Waals surface area contributed by atoms with E-state index in [-0.39, 0.29) is 41.5 Å². The highest BCUT2D eigenvalue weighted by molar-refractivity contribution is 14.0. The Morgan fingerprint density at radius 3 is 2.50 bits per heavy atom. The lowest BCUT2D eigenvalue weighted by Gasteiger charge is -2.49. The van der Waals surface area contributed by atoms with Crippen molar-refractivity contribution in [3.05, 3.63) is 0 Å². The molecule has 0 aromatic rings. The average molecular weight is 480 g/mol. The maximum absolute atomic E-state index is 12.7. The van der Waals surface area contributed by atoms with E-state index in [0.29, 0.717) is 12.6 Å². The SMILES string of the molecule is CN=C(NCC1CN(C)CCN1C)N1CC(=O)N(C(C)C)C(C)(C)C1.I. The van der Waals surface area contributed by atoms with Crippen LogP contribution < -0.4 is 5.32 Å². The first kappa shape index (κ1) is 23.4. The Hall–Kier alpha value is -0.610. The molecule has 0 radical (unpaired) electrons. The number of hydrogen-bond donors (Lipinski definition) is 1. The fourth-order valence-corrected chi connectivity index (χ4v) is 4.18. The zero-order valence-corrected chi connectivity index (χ0v) is 19.8. The molecular weight excluding hydrogens is 443 g/mol. The van der Waals surface area contributed by atoms with E-state index in [1.807, 2.05) is 4.90 Å². The van der Waals surface area contributed by atoms with E-state index in [4.69, 9.17) is 0 Å². The van der Waals surface area contributed by atoms with Gasteiger partial charge in [-0.05, 0) is 41.8 Å². The summed E-state index contributed by atoms with van der Waals surface area (Å²) in [5.41, 5.74) is -0.205. The van der Waals surface area contributed by atoms with E-state index in [9.17, 15) is 4.79 Å². The molecule has 1 unspecified atom stereocenters. The van der Waals surface area contributed by atoms with Crippen molar-refractivity contribution in [2.45, 2.75) is 45.3 Å². The van der Waals surface area contributed by atoms with Crippen LogP contribution in [0.25, 0.3) is 0 Å². The predicted molar refractivity (Wildman–Crippen MR) is 118 cm³/mol. The van der Waals surface area contributed by atoms with Gasteiger partial charge in [0.05, 0.1) is 12.1 Å². The Kier molecular flexibility index (Phi) is 8.60. The van der Waals surface area contributed by atoms with Crippen molar-refractivity contribution in [3.8, 4) is 0 Å². The van der Waals surface area contributed by atoms with Crippen LogP contribution in [-0.4, -0.2) is 110 Å². The van der Waals surface area contributed by atoms with Crippen LogP contribution in [0.5, 0.6) is 0 Å². The van der Waals surface area contributed by atoms with Crippen molar-refractivity contribution >= 4 is 35.8 Å². The fourth-order valence-electron chi connectivity index (χ4n) is 4.18. The quantitative estimate of drug-likeness (QED) is 0.367. The molecule has 152 valence electrons. The molecule has 0 aromatic carbocycles. The molecule has 2 saturated heterocycles. The Morgan fingerprint density at radius 2 is 1.96 bits per heavy atom. The highest BCUT2D eigenvalue weighted by Gasteiger charge is 2.40. The first-order valence-electron chi connectivity index (χ1n) is 9.32. The van der Waals surface area contributed by atoms with Crippen molar-refractivity contribution in [3.63, 3.8) is 0 Å². The van der Waals surface area contributed by atoms with E-state index >= 15 is 0 Å². The number of aliphatic imine (C=N–C) groups is 1. The molecule has 0 saturated carbocycles. The van der Waals surface area contributed by atoms with Crippen LogP contribution in [0.4, 0.5) is 0 Å². The molecule has 2 heterocycles. The summed E-state index contributed by atoms with van der Waals surface area (Å²) in [6.45, 7) is 13.7. The maximum Gasteiger partial charge on any atom is 0.242 e. The molecule has 2 aliphatic heterocycles. The number of rotatable bonds is 3. The van der Waals surface area contributed by atoms with Crippen LogP contribution in [0.15, 0.2) is 4.99 Å². The average Bonchev–Trinajstić information content (AvgIpc) is 2.49. The van der Waals surface area contributed by atoms with E-state index in [2.05, 4.69) is 66.8 Å². The second kappa shape index (κ2) is 9.54. The number of carbonyl (C=O) groups is 1. The third kappa shape index (κ3) is 5.45. The summed E-state index contributed by atoms with van der Waals surface area (Å²) >= 11 is 0. The third-order valence-corrected chi connectivity index (χ3v) is 5.33. The molecule has 0 aromatic heterocycles. The van der Waals surface area contributed by atoms with Crippen LogP contribution in [0.1, 0.15) is 27.7 Å². The molecule has 2 fully saturated rings. The van der Waals surface area contributed by atoms with E-state index in [0.717, 1.165) is 38.7 Å². The summed E-state index contributed by atoms with van der Waals surface area (Å²) in [7, 11) is 6.14. The number of guanidine groups is 1. The molecular formula is C18H37IN6O. The number of likely N-dealkylation sites (N-methyl/N-ethyl adjacent to an activating group) is 2. The molecule has 0 spiro atoms. The highest BCUT2D eigenvalue weighted by Crippen LogP contribution is 2.24. The highest BCUT2D eigenvalue weighted by atomic mass is 127. The number of nitrogens with one attached hydrogen (secondary N) is 1. The van der Waals surface area contributed by atoms with Gasteiger partial charge in [0.2, 0.25) is 5.91 Å². The van der Waals surface area contributed by atoms with Crippen molar-refractivity contribution < 1.29 is 4.79 Å². The van der Waals surface area contributed by atoms with Gasteiger partial charge in [-0.15, -0.1) is 24.0 Å². The number of piperazine rings is 2. The van der Waals surface area contributed by atoms with Gasteiger partial charge in [-0.2, -0.15) is 0 Å². The predicted octanol–water partition coefficient (Wildman–Crippen LogP) is 0.757. The Labute approximate surface area is 176 Å². The first-order chi connectivity index (χ1) is 11.7. The zero-order chi connectivity index (χ0) is 18.8. The Balaban J connectivity index is 0.00000338. The van der Waals surface area contributed by atoms with Gasteiger partial charge in [-0.1, -0.05) is 0 Å². The minimum absolute atomic E-state index is 0. The second-order valence-electron chi connectivity index (χ2n) is 8.35. The number of halogens is 1. The smallest absolute Gasteiger partial charge is 0.242 e. The van der Waals surface area contributed by atoms with Crippen LogP contribution in [-0.2, 0) is 4.79 Å². The van der Waals surface area contributed by atoms with E-state index < -0.39 is 0 Å². The number of carbonyl (C=O) groups excluding carboxylic acids is 1. The maximum atomic E-state index is 12.7. The Bertz CT molecular complexity index is 510. The second-order valence-corrected chi connectivity index (χ2v) is 8.35. The lowest BCUT2D eigenvalue weighted by Crippen LogP contribution is -2.66. The zero-order valence-electron chi connectivity index (χ0n) is 17.4. The van der Waals surface area contributed by atoms with Crippen molar-refractivity contribution in [1.29, 1.82) is 0 Å². The van der Waals surface area contributed by atoms with Crippen LogP contribution in [0.3, 0.4) is 0 Å².